The molecular formula is C24H24N2O8. The van der Waals surface area contributed by atoms with E-state index in [1.54, 1.807) is 36.4 Å². The van der Waals surface area contributed by atoms with E-state index in [0.29, 0.717) is 45.7 Å². The predicted octanol–water partition coefficient (Wildman–Crippen LogP) is 4.60. The topological polar surface area (TPSA) is 136 Å². The van der Waals surface area contributed by atoms with Crippen LogP contribution in [0.3, 0.4) is 0 Å². The lowest BCUT2D eigenvalue weighted by atomic mass is 10.0. The average molecular weight is 468 g/mol. The molecule has 3 aromatic carbocycles. The van der Waals surface area contributed by atoms with Gasteiger partial charge in [-0.2, -0.15) is 0 Å². The number of hydrogen-bond acceptors (Lipinski definition) is 8. The summed E-state index contributed by atoms with van der Waals surface area (Å²) in [6, 6.07) is 12.7. The quantitative estimate of drug-likeness (QED) is 0.334. The van der Waals surface area contributed by atoms with Crippen molar-refractivity contribution < 1.29 is 38.7 Å². The Morgan fingerprint density at radius 2 is 0.941 bits per heavy atom. The van der Waals surface area contributed by atoms with Gasteiger partial charge >= 0.3 is 11.9 Å². The van der Waals surface area contributed by atoms with E-state index in [1.165, 1.54) is 40.6 Å². The van der Waals surface area contributed by atoms with Crippen LogP contribution in [0.1, 0.15) is 20.7 Å². The number of carboxylic acid groups (broad SMARTS) is 2. The molecule has 0 unspecified atom stereocenters. The van der Waals surface area contributed by atoms with Crippen LogP contribution >= 0.6 is 0 Å². The average Bonchev–Trinajstić information content (AvgIpc) is 2.84. The maximum absolute atomic E-state index is 11.8. The van der Waals surface area contributed by atoms with E-state index >= 15 is 0 Å². The van der Waals surface area contributed by atoms with Crippen molar-refractivity contribution in [3.05, 3.63) is 59.7 Å². The standard InChI is InChI=1S/C24H24N2O8/c1-31-19-7-5-13(9-21(19)33-3)25-17-11-15(23(27)28)16(24(29)30)12-18(17)26-14-6-8-20(32-2)22(10-14)34-4/h5-12,25-26H,1-4H3,(H,27,28)(H,29,30). The third-order valence-electron chi connectivity index (χ3n) is 4.94. The minimum atomic E-state index is -1.37. The molecule has 0 saturated heterocycles. The third kappa shape index (κ3) is 5.07. The largest absolute Gasteiger partial charge is 0.493 e. The fourth-order valence-corrected chi connectivity index (χ4v) is 3.30. The molecule has 0 aliphatic carbocycles. The molecule has 0 radical (unpaired) electrons. The highest BCUT2D eigenvalue weighted by atomic mass is 16.5. The molecule has 178 valence electrons. The van der Waals surface area contributed by atoms with Crippen LogP contribution in [0, 0.1) is 0 Å². The number of hydrogen-bond donors (Lipinski definition) is 4. The van der Waals surface area contributed by atoms with E-state index < -0.39 is 11.9 Å². The van der Waals surface area contributed by atoms with Gasteiger partial charge in [0.05, 0.1) is 50.9 Å². The zero-order valence-corrected chi connectivity index (χ0v) is 19.0. The Hall–Kier alpha value is -4.60. The van der Waals surface area contributed by atoms with Crippen LogP contribution < -0.4 is 29.6 Å². The first-order chi connectivity index (χ1) is 16.3. The summed E-state index contributed by atoms with van der Waals surface area (Å²) in [5.74, 6) is -0.783. The van der Waals surface area contributed by atoms with E-state index in [-0.39, 0.29) is 11.1 Å². The molecule has 0 aromatic heterocycles. The number of benzene rings is 3. The zero-order chi connectivity index (χ0) is 24.8. The van der Waals surface area contributed by atoms with Crippen molar-refractivity contribution in [2.24, 2.45) is 0 Å². The summed E-state index contributed by atoms with van der Waals surface area (Å²) >= 11 is 0. The molecule has 10 nitrogen and oxygen atoms in total. The monoisotopic (exact) mass is 468 g/mol. The molecule has 0 heterocycles. The van der Waals surface area contributed by atoms with Crippen molar-refractivity contribution >= 4 is 34.7 Å². The van der Waals surface area contributed by atoms with Crippen molar-refractivity contribution in [2.45, 2.75) is 0 Å². The maximum atomic E-state index is 11.8. The molecule has 4 N–H and O–H groups in total. The van der Waals surface area contributed by atoms with Crippen LogP contribution in [0.15, 0.2) is 48.5 Å². The molecule has 3 aromatic rings. The highest BCUT2D eigenvalue weighted by Gasteiger charge is 2.20. The van der Waals surface area contributed by atoms with Gasteiger partial charge < -0.3 is 39.8 Å². The molecule has 0 saturated carbocycles. The van der Waals surface area contributed by atoms with Crippen molar-refractivity contribution in [3.8, 4) is 23.0 Å². The Labute approximate surface area is 195 Å². The maximum Gasteiger partial charge on any atom is 0.336 e. The second-order valence-electron chi connectivity index (χ2n) is 6.94. The molecule has 0 atom stereocenters. The minimum Gasteiger partial charge on any atom is -0.493 e. The number of rotatable bonds is 10. The highest BCUT2D eigenvalue weighted by Crippen LogP contribution is 2.37. The van der Waals surface area contributed by atoms with Crippen molar-refractivity contribution in [1.29, 1.82) is 0 Å². The normalized spacial score (nSPS) is 10.2. The van der Waals surface area contributed by atoms with Crippen molar-refractivity contribution in [1.82, 2.24) is 0 Å². The Morgan fingerprint density at radius 1 is 0.588 bits per heavy atom. The molecule has 34 heavy (non-hydrogen) atoms. The molecule has 0 aliphatic rings. The summed E-state index contributed by atoms with van der Waals surface area (Å²) in [4.78, 5) is 23.5. The summed E-state index contributed by atoms with van der Waals surface area (Å²) in [7, 11) is 6.02. The van der Waals surface area contributed by atoms with Crippen molar-refractivity contribution in [3.63, 3.8) is 0 Å². The van der Waals surface area contributed by atoms with Gasteiger partial charge in [-0.25, -0.2) is 9.59 Å². The second kappa shape index (κ2) is 10.3. The summed E-state index contributed by atoms with van der Waals surface area (Å²) in [5, 5.41) is 25.4. The molecule has 0 fully saturated rings. The van der Waals surface area contributed by atoms with Crippen LogP contribution in [0.4, 0.5) is 22.7 Å². The summed E-state index contributed by atoms with van der Waals surface area (Å²) < 4.78 is 21.1. The van der Waals surface area contributed by atoms with Crippen LogP contribution in [-0.2, 0) is 0 Å². The van der Waals surface area contributed by atoms with Gasteiger partial charge in [0.25, 0.3) is 0 Å². The summed E-state index contributed by atoms with van der Waals surface area (Å²) in [5.41, 5.74) is 1.04. The summed E-state index contributed by atoms with van der Waals surface area (Å²) in [6.07, 6.45) is 0. The minimum absolute atomic E-state index is 0.324. The van der Waals surface area contributed by atoms with E-state index in [9.17, 15) is 19.8 Å². The predicted molar refractivity (Wildman–Crippen MR) is 126 cm³/mol. The van der Waals surface area contributed by atoms with Gasteiger partial charge in [-0.1, -0.05) is 0 Å². The molecular weight excluding hydrogens is 444 g/mol. The van der Waals surface area contributed by atoms with Gasteiger partial charge in [0, 0.05) is 23.5 Å². The van der Waals surface area contributed by atoms with Gasteiger partial charge in [-0.15, -0.1) is 0 Å². The number of ether oxygens (including phenoxy) is 4. The Morgan fingerprint density at radius 3 is 1.24 bits per heavy atom. The highest BCUT2D eigenvalue weighted by molar-refractivity contribution is 6.04. The van der Waals surface area contributed by atoms with Crippen LogP contribution in [-0.4, -0.2) is 50.6 Å². The number of methoxy groups -OCH3 is 4. The van der Waals surface area contributed by atoms with E-state index in [0.717, 1.165) is 0 Å². The lowest BCUT2D eigenvalue weighted by Crippen LogP contribution is -2.10. The third-order valence-corrected chi connectivity index (χ3v) is 4.94. The SMILES string of the molecule is COc1ccc(Nc2cc(C(=O)O)c(C(=O)O)cc2Nc2ccc(OC)c(OC)c2)cc1OC. The van der Waals surface area contributed by atoms with Gasteiger partial charge in [0.1, 0.15) is 0 Å². The molecule has 0 amide bonds. The van der Waals surface area contributed by atoms with Crippen molar-refractivity contribution in [2.75, 3.05) is 39.1 Å². The number of anilines is 4. The van der Waals surface area contributed by atoms with E-state index in [4.69, 9.17) is 18.9 Å². The fourth-order valence-electron chi connectivity index (χ4n) is 3.30. The van der Waals surface area contributed by atoms with Crippen LogP contribution in [0.25, 0.3) is 0 Å². The van der Waals surface area contributed by atoms with Crippen LogP contribution in [0.5, 0.6) is 23.0 Å². The lowest BCUT2D eigenvalue weighted by molar-refractivity contribution is 0.0651. The van der Waals surface area contributed by atoms with E-state index in [2.05, 4.69) is 10.6 Å². The number of aromatic carboxylic acids is 2. The van der Waals surface area contributed by atoms with Gasteiger partial charge in [-0.05, 0) is 36.4 Å². The number of nitrogens with one attached hydrogen (secondary N) is 2. The Kier molecular flexibility index (Phi) is 7.32. The smallest absolute Gasteiger partial charge is 0.336 e. The summed E-state index contributed by atoms with van der Waals surface area (Å²) in [6.45, 7) is 0. The molecule has 0 spiro atoms. The van der Waals surface area contributed by atoms with Gasteiger partial charge in [-0.3, -0.25) is 0 Å². The van der Waals surface area contributed by atoms with E-state index in [1.807, 2.05) is 0 Å². The Bertz CT molecular complexity index is 1130. The second-order valence-corrected chi connectivity index (χ2v) is 6.94. The van der Waals surface area contributed by atoms with Gasteiger partial charge in [0.2, 0.25) is 0 Å². The first-order valence-electron chi connectivity index (χ1n) is 9.94. The lowest BCUT2D eigenvalue weighted by Gasteiger charge is -2.18. The van der Waals surface area contributed by atoms with Crippen LogP contribution in [0.2, 0.25) is 0 Å². The first kappa shape index (κ1) is 24.1. The first-order valence-corrected chi connectivity index (χ1v) is 9.94. The molecule has 10 heteroatoms. The molecule has 3 rings (SSSR count). The number of carboxylic acids is 2. The Balaban J connectivity index is 2.11. The fraction of sp³-hybridized carbons (Fsp3) is 0.167. The zero-order valence-electron chi connectivity index (χ0n) is 19.0. The molecule has 0 aliphatic heterocycles. The molecule has 0 bridgehead atoms. The number of carbonyl (C=O) groups is 2. The van der Waals surface area contributed by atoms with Gasteiger partial charge in [0.15, 0.2) is 23.0 Å².